The summed E-state index contributed by atoms with van der Waals surface area (Å²) < 4.78 is 13.3. The molecule has 1 rings (SSSR count). The van der Waals surface area contributed by atoms with Gasteiger partial charge in [-0.15, -0.1) is 0 Å². The molecule has 0 aliphatic carbocycles. The van der Waals surface area contributed by atoms with Crippen LogP contribution in [-0.2, 0) is 0 Å². The fraction of sp³-hybridized carbons (Fsp3) is 0.417. The lowest BCUT2D eigenvalue weighted by atomic mass is 9.97. The lowest BCUT2D eigenvalue weighted by Crippen LogP contribution is -2.45. The van der Waals surface area contributed by atoms with E-state index >= 15 is 0 Å². The second kappa shape index (κ2) is 5.85. The van der Waals surface area contributed by atoms with E-state index in [0.717, 1.165) is 6.07 Å². The third-order valence-corrected chi connectivity index (χ3v) is 3.09. The molecule has 0 heterocycles. The van der Waals surface area contributed by atoms with Gasteiger partial charge < -0.3 is 26.4 Å². The van der Waals surface area contributed by atoms with E-state index in [0.29, 0.717) is 6.42 Å². The summed E-state index contributed by atoms with van der Waals surface area (Å²) in [5.41, 5.74) is 3.47. The predicted octanol–water partition coefficient (Wildman–Crippen LogP) is 0.651. The van der Waals surface area contributed by atoms with Gasteiger partial charge in [0, 0.05) is 0 Å². The van der Waals surface area contributed by atoms with Gasteiger partial charge >= 0.3 is 5.97 Å². The van der Waals surface area contributed by atoms with Crippen molar-refractivity contribution < 1.29 is 24.5 Å². The van der Waals surface area contributed by atoms with Crippen LogP contribution >= 0.6 is 0 Å². The van der Waals surface area contributed by atoms with E-state index in [1.807, 2.05) is 0 Å². The highest BCUT2D eigenvalue weighted by molar-refractivity contribution is 6.00. The minimum Gasteiger partial charge on any atom is -0.478 e. The highest BCUT2D eigenvalue weighted by Crippen LogP contribution is 2.28. The van der Waals surface area contributed by atoms with Crippen molar-refractivity contribution in [3.8, 4) is 0 Å². The molecular formula is C12H17FN2O4. The Hall–Kier alpha value is -1.86. The van der Waals surface area contributed by atoms with Crippen molar-refractivity contribution in [2.45, 2.75) is 18.9 Å². The number of aliphatic hydroxyl groups is 2. The zero-order chi connectivity index (χ0) is 14.6. The van der Waals surface area contributed by atoms with E-state index in [1.54, 1.807) is 6.92 Å². The molecule has 19 heavy (non-hydrogen) atoms. The van der Waals surface area contributed by atoms with Crippen molar-refractivity contribution >= 4 is 17.3 Å². The molecule has 0 aromatic heterocycles. The molecule has 0 aliphatic heterocycles. The number of rotatable bonds is 6. The maximum atomic E-state index is 13.3. The highest BCUT2D eigenvalue weighted by atomic mass is 19.1. The predicted molar refractivity (Wildman–Crippen MR) is 68.6 cm³/mol. The molecule has 1 aromatic carbocycles. The van der Waals surface area contributed by atoms with Crippen molar-refractivity contribution in [1.82, 2.24) is 0 Å². The summed E-state index contributed by atoms with van der Waals surface area (Å²) in [6.07, 6.45) is 0.344. The van der Waals surface area contributed by atoms with Crippen LogP contribution in [0.1, 0.15) is 23.7 Å². The van der Waals surface area contributed by atoms with Gasteiger partial charge in [-0.3, -0.25) is 0 Å². The van der Waals surface area contributed by atoms with Crippen LogP contribution in [0.5, 0.6) is 0 Å². The van der Waals surface area contributed by atoms with Gasteiger partial charge in [0.2, 0.25) is 0 Å². The topological polar surface area (TPSA) is 116 Å². The fourth-order valence-electron chi connectivity index (χ4n) is 1.66. The van der Waals surface area contributed by atoms with Crippen molar-refractivity contribution in [3.05, 3.63) is 23.5 Å². The lowest BCUT2D eigenvalue weighted by Gasteiger charge is -2.31. The quantitative estimate of drug-likeness (QED) is 0.486. The van der Waals surface area contributed by atoms with Gasteiger partial charge in [0.15, 0.2) is 0 Å². The van der Waals surface area contributed by atoms with Crippen molar-refractivity contribution in [2.75, 3.05) is 24.3 Å². The van der Waals surface area contributed by atoms with Crippen LogP contribution in [0.25, 0.3) is 0 Å². The number of carboxylic acids is 1. The largest absolute Gasteiger partial charge is 0.478 e. The van der Waals surface area contributed by atoms with E-state index in [4.69, 9.17) is 10.8 Å². The SMILES string of the molecule is CCC(CO)(CO)Nc1ccc(F)c(N)c1C(=O)O. The van der Waals surface area contributed by atoms with Crippen LogP contribution in [0.15, 0.2) is 12.1 Å². The number of carboxylic acid groups (broad SMARTS) is 1. The summed E-state index contributed by atoms with van der Waals surface area (Å²) in [4.78, 5) is 11.1. The number of nitrogens with one attached hydrogen (secondary N) is 1. The number of carbonyl (C=O) groups is 1. The number of hydrogen-bond donors (Lipinski definition) is 5. The van der Waals surface area contributed by atoms with Gasteiger partial charge in [-0.1, -0.05) is 6.92 Å². The number of nitrogens with two attached hydrogens (primary N) is 1. The molecule has 7 heteroatoms. The van der Waals surface area contributed by atoms with Crippen molar-refractivity contribution in [2.24, 2.45) is 0 Å². The first kappa shape index (κ1) is 15.2. The summed E-state index contributed by atoms with van der Waals surface area (Å²) in [5, 5.41) is 30.4. The molecule has 1 aromatic rings. The molecule has 0 atom stereocenters. The van der Waals surface area contributed by atoms with Gasteiger partial charge in [-0.05, 0) is 18.6 Å². The average Bonchev–Trinajstić information content (AvgIpc) is 2.40. The van der Waals surface area contributed by atoms with Crippen LogP contribution in [0.2, 0.25) is 0 Å². The lowest BCUT2D eigenvalue weighted by molar-refractivity contribution is 0.0697. The fourth-order valence-corrected chi connectivity index (χ4v) is 1.66. The Morgan fingerprint density at radius 2 is 2.00 bits per heavy atom. The zero-order valence-corrected chi connectivity index (χ0v) is 10.5. The maximum Gasteiger partial charge on any atom is 0.340 e. The average molecular weight is 272 g/mol. The maximum absolute atomic E-state index is 13.3. The van der Waals surface area contributed by atoms with Crippen LogP contribution in [0.3, 0.4) is 0 Å². The van der Waals surface area contributed by atoms with E-state index in [9.17, 15) is 19.4 Å². The smallest absolute Gasteiger partial charge is 0.340 e. The first-order valence-electron chi connectivity index (χ1n) is 5.72. The first-order chi connectivity index (χ1) is 8.90. The second-order valence-electron chi connectivity index (χ2n) is 4.26. The van der Waals surface area contributed by atoms with E-state index in [2.05, 4.69) is 5.32 Å². The Kier molecular flexibility index (Phi) is 4.68. The minimum atomic E-state index is -1.39. The molecule has 0 amide bonds. The third-order valence-electron chi connectivity index (χ3n) is 3.09. The summed E-state index contributed by atoms with van der Waals surface area (Å²) in [5.74, 6) is -2.22. The monoisotopic (exact) mass is 272 g/mol. The normalized spacial score (nSPS) is 11.4. The number of aliphatic hydroxyl groups excluding tert-OH is 2. The number of hydrogen-bond acceptors (Lipinski definition) is 5. The molecule has 0 saturated heterocycles. The van der Waals surface area contributed by atoms with Gasteiger partial charge in [0.1, 0.15) is 11.4 Å². The molecule has 0 spiro atoms. The Morgan fingerprint density at radius 3 is 2.42 bits per heavy atom. The number of benzene rings is 1. The van der Waals surface area contributed by atoms with Crippen molar-refractivity contribution in [3.63, 3.8) is 0 Å². The molecule has 6 nitrogen and oxygen atoms in total. The molecule has 106 valence electrons. The highest BCUT2D eigenvalue weighted by Gasteiger charge is 2.29. The van der Waals surface area contributed by atoms with E-state index in [-0.39, 0.29) is 5.69 Å². The molecule has 0 aliphatic rings. The Morgan fingerprint density at radius 1 is 1.42 bits per heavy atom. The van der Waals surface area contributed by atoms with Crippen LogP contribution in [-0.4, -0.2) is 40.0 Å². The number of anilines is 2. The zero-order valence-electron chi connectivity index (χ0n) is 10.5. The summed E-state index contributed by atoms with van der Waals surface area (Å²) in [7, 11) is 0. The minimum absolute atomic E-state index is 0.0522. The molecule has 0 saturated carbocycles. The molecular weight excluding hydrogens is 255 g/mol. The molecule has 0 radical (unpaired) electrons. The first-order valence-corrected chi connectivity index (χ1v) is 5.72. The van der Waals surface area contributed by atoms with Crippen LogP contribution in [0.4, 0.5) is 15.8 Å². The van der Waals surface area contributed by atoms with Crippen LogP contribution < -0.4 is 11.1 Å². The summed E-state index contributed by atoms with van der Waals surface area (Å²) in [6.45, 7) is 0.902. The van der Waals surface area contributed by atoms with Crippen LogP contribution in [0, 0.1) is 5.82 Å². The number of nitrogen functional groups attached to an aromatic ring is 1. The third kappa shape index (κ3) is 2.94. The van der Waals surface area contributed by atoms with Gasteiger partial charge in [0.05, 0.1) is 30.1 Å². The van der Waals surface area contributed by atoms with E-state index < -0.39 is 41.8 Å². The van der Waals surface area contributed by atoms with Gasteiger partial charge in [0.25, 0.3) is 0 Å². The number of halogens is 1. The Labute approximate surface area is 109 Å². The standard InChI is InChI=1S/C12H17FN2O4/c1-2-12(5-16,6-17)15-8-4-3-7(13)10(14)9(8)11(18)19/h3-4,15-17H,2,5-6,14H2,1H3,(H,18,19). The molecule has 0 fully saturated rings. The molecule has 6 N–H and O–H groups in total. The summed E-state index contributed by atoms with van der Waals surface area (Å²) in [6, 6.07) is 2.24. The van der Waals surface area contributed by atoms with Gasteiger partial charge in [-0.2, -0.15) is 0 Å². The van der Waals surface area contributed by atoms with Crippen molar-refractivity contribution in [1.29, 1.82) is 0 Å². The van der Waals surface area contributed by atoms with Gasteiger partial charge in [-0.25, -0.2) is 9.18 Å². The summed E-state index contributed by atoms with van der Waals surface area (Å²) >= 11 is 0. The molecule has 0 unspecified atom stereocenters. The number of aromatic carboxylic acids is 1. The Bertz CT molecular complexity index is 467. The van der Waals surface area contributed by atoms with E-state index in [1.165, 1.54) is 6.07 Å². The second-order valence-corrected chi connectivity index (χ2v) is 4.26. The Balaban J connectivity index is 3.28. The molecule has 0 bridgehead atoms.